The molecule has 92 valence electrons. The second-order valence-corrected chi connectivity index (χ2v) is 4.08. The van der Waals surface area contributed by atoms with E-state index in [4.69, 9.17) is 0 Å². The standard InChI is InChI=1S/C9H11F2N3.2ClH/c10-9(11)1-8(9)6-2-13-14(5-6)7-3-12-4-7;;/h2,5,7-8,12H,1,3-4H2;2*1H. The van der Waals surface area contributed by atoms with E-state index in [-0.39, 0.29) is 31.2 Å². The first-order valence-electron chi connectivity index (χ1n) is 4.79. The summed E-state index contributed by atoms with van der Waals surface area (Å²) in [5.41, 5.74) is 0.682. The molecule has 1 aliphatic carbocycles. The molecule has 7 heteroatoms. The largest absolute Gasteiger partial charge is 0.312 e. The summed E-state index contributed by atoms with van der Waals surface area (Å²) < 4.78 is 27.3. The fourth-order valence-corrected chi connectivity index (χ4v) is 1.77. The van der Waals surface area contributed by atoms with Gasteiger partial charge in [-0.1, -0.05) is 0 Å². The van der Waals surface area contributed by atoms with E-state index >= 15 is 0 Å². The van der Waals surface area contributed by atoms with Crippen LogP contribution in [0.4, 0.5) is 8.78 Å². The molecule has 2 heterocycles. The van der Waals surface area contributed by atoms with Crippen LogP contribution in [0.25, 0.3) is 0 Å². The Morgan fingerprint density at radius 3 is 2.44 bits per heavy atom. The molecule has 16 heavy (non-hydrogen) atoms. The molecule has 2 fully saturated rings. The Morgan fingerprint density at radius 2 is 2.00 bits per heavy atom. The van der Waals surface area contributed by atoms with Crippen LogP contribution in [0.5, 0.6) is 0 Å². The maximum atomic E-state index is 12.7. The van der Waals surface area contributed by atoms with Gasteiger partial charge in [-0.25, -0.2) is 8.78 Å². The number of hydrogen-bond donors (Lipinski definition) is 1. The molecule has 0 bridgehead atoms. The predicted octanol–water partition coefficient (Wildman–Crippen LogP) is 1.99. The van der Waals surface area contributed by atoms with Gasteiger partial charge in [0.05, 0.1) is 18.2 Å². The van der Waals surface area contributed by atoms with E-state index in [1.165, 1.54) is 0 Å². The maximum Gasteiger partial charge on any atom is 0.256 e. The Morgan fingerprint density at radius 1 is 1.38 bits per heavy atom. The molecule has 1 saturated heterocycles. The minimum Gasteiger partial charge on any atom is -0.312 e. The van der Waals surface area contributed by atoms with E-state index in [0.29, 0.717) is 11.6 Å². The van der Waals surface area contributed by atoms with Crippen LogP contribution in [-0.4, -0.2) is 28.8 Å². The van der Waals surface area contributed by atoms with E-state index in [1.807, 2.05) is 0 Å². The van der Waals surface area contributed by atoms with Gasteiger partial charge in [0, 0.05) is 25.7 Å². The molecule has 0 aromatic carbocycles. The fourth-order valence-electron chi connectivity index (χ4n) is 1.77. The summed E-state index contributed by atoms with van der Waals surface area (Å²) in [7, 11) is 0. The minimum atomic E-state index is -2.48. The van der Waals surface area contributed by atoms with Crippen molar-refractivity contribution in [2.75, 3.05) is 13.1 Å². The van der Waals surface area contributed by atoms with Crippen LogP contribution in [0.15, 0.2) is 12.4 Å². The van der Waals surface area contributed by atoms with Gasteiger partial charge in [0.15, 0.2) is 0 Å². The average Bonchev–Trinajstić information content (AvgIpc) is 2.49. The summed E-state index contributed by atoms with van der Waals surface area (Å²) in [6.07, 6.45) is 3.32. The van der Waals surface area contributed by atoms with Crippen molar-refractivity contribution >= 4 is 24.8 Å². The molecule has 0 radical (unpaired) electrons. The number of halogens is 4. The quantitative estimate of drug-likeness (QED) is 0.892. The van der Waals surface area contributed by atoms with Crippen molar-refractivity contribution < 1.29 is 8.78 Å². The van der Waals surface area contributed by atoms with Crippen LogP contribution in [-0.2, 0) is 0 Å². The number of aromatic nitrogens is 2. The third-order valence-corrected chi connectivity index (χ3v) is 2.98. The molecular formula is C9H13Cl2F2N3. The van der Waals surface area contributed by atoms with Gasteiger partial charge in [-0.2, -0.15) is 5.10 Å². The van der Waals surface area contributed by atoms with Crippen LogP contribution >= 0.6 is 24.8 Å². The van der Waals surface area contributed by atoms with Crippen molar-refractivity contribution in [1.29, 1.82) is 0 Å². The van der Waals surface area contributed by atoms with Gasteiger partial charge in [-0.15, -0.1) is 24.8 Å². The van der Waals surface area contributed by atoms with Gasteiger partial charge in [0.1, 0.15) is 0 Å². The van der Waals surface area contributed by atoms with E-state index < -0.39 is 11.8 Å². The molecule has 3 nitrogen and oxygen atoms in total. The zero-order valence-electron chi connectivity index (χ0n) is 8.40. The number of nitrogens with one attached hydrogen (secondary N) is 1. The molecule has 2 aliphatic rings. The van der Waals surface area contributed by atoms with Gasteiger partial charge in [-0.05, 0) is 5.56 Å². The molecule has 1 aromatic rings. The number of hydrogen-bond acceptors (Lipinski definition) is 2. The van der Waals surface area contributed by atoms with Gasteiger partial charge < -0.3 is 5.32 Å². The molecule has 0 spiro atoms. The van der Waals surface area contributed by atoms with E-state index in [0.717, 1.165) is 13.1 Å². The lowest BCUT2D eigenvalue weighted by molar-refractivity contribution is 0.112. The number of rotatable bonds is 2. The maximum absolute atomic E-state index is 12.7. The zero-order valence-corrected chi connectivity index (χ0v) is 10.0. The van der Waals surface area contributed by atoms with Crippen molar-refractivity contribution in [3.05, 3.63) is 18.0 Å². The third-order valence-electron chi connectivity index (χ3n) is 2.98. The Labute approximate surface area is 104 Å². The SMILES string of the molecule is Cl.Cl.FC1(F)CC1c1cnn(C2CNC2)c1. The first-order chi connectivity index (χ1) is 6.67. The van der Waals surface area contributed by atoms with Crippen molar-refractivity contribution in [1.82, 2.24) is 15.1 Å². The second kappa shape index (κ2) is 4.47. The number of alkyl halides is 2. The summed E-state index contributed by atoms with van der Waals surface area (Å²) in [6, 6.07) is 0.358. The van der Waals surface area contributed by atoms with Crippen LogP contribution in [0.1, 0.15) is 23.9 Å². The van der Waals surface area contributed by atoms with Crippen molar-refractivity contribution in [2.45, 2.75) is 24.3 Å². The molecule has 0 amide bonds. The van der Waals surface area contributed by atoms with Crippen molar-refractivity contribution in [3.8, 4) is 0 Å². The first-order valence-corrected chi connectivity index (χ1v) is 4.79. The minimum absolute atomic E-state index is 0. The third kappa shape index (κ3) is 2.17. The molecule has 1 unspecified atom stereocenters. The summed E-state index contributed by atoms with van der Waals surface area (Å²) in [6.45, 7) is 1.78. The van der Waals surface area contributed by atoms with Gasteiger partial charge in [-0.3, -0.25) is 4.68 Å². The summed E-state index contributed by atoms with van der Waals surface area (Å²) in [5.74, 6) is -3.06. The van der Waals surface area contributed by atoms with E-state index in [9.17, 15) is 8.78 Å². The van der Waals surface area contributed by atoms with Gasteiger partial charge >= 0.3 is 0 Å². The van der Waals surface area contributed by atoms with Crippen molar-refractivity contribution in [2.24, 2.45) is 0 Å². The molecule has 1 atom stereocenters. The molecular weight excluding hydrogens is 259 g/mol. The van der Waals surface area contributed by atoms with Crippen LogP contribution in [0, 0.1) is 0 Å². The molecule has 1 N–H and O–H groups in total. The molecule has 3 rings (SSSR count). The lowest BCUT2D eigenvalue weighted by Crippen LogP contribution is -2.43. The second-order valence-electron chi connectivity index (χ2n) is 4.08. The lowest BCUT2D eigenvalue weighted by Gasteiger charge is -2.27. The van der Waals surface area contributed by atoms with E-state index in [2.05, 4.69) is 10.4 Å². The Bertz CT molecular complexity index is 365. The zero-order chi connectivity index (χ0) is 9.76. The number of nitrogens with zero attached hydrogens (tertiary/aromatic N) is 2. The monoisotopic (exact) mass is 271 g/mol. The summed E-state index contributed by atoms with van der Waals surface area (Å²) in [5, 5.41) is 7.23. The first kappa shape index (κ1) is 13.7. The summed E-state index contributed by atoms with van der Waals surface area (Å²) in [4.78, 5) is 0. The van der Waals surface area contributed by atoms with Crippen molar-refractivity contribution in [3.63, 3.8) is 0 Å². The van der Waals surface area contributed by atoms with Gasteiger partial charge in [0.25, 0.3) is 5.92 Å². The lowest BCUT2D eigenvalue weighted by atomic mass is 10.2. The fraction of sp³-hybridized carbons (Fsp3) is 0.667. The average molecular weight is 272 g/mol. The molecule has 1 saturated carbocycles. The Balaban J connectivity index is 0.000000640. The Kier molecular flexibility index (Phi) is 3.82. The summed E-state index contributed by atoms with van der Waals surface area (Å²) >= 11 is 0. The van der Waals surface area contributed by atoms with Crippen LogP contribution in [0.3, 0.4) is 0 Å². The Hall–Kier alpha value is -0.390. The highest BCUT2D eigenvalue weighted by atomic mass is 35.5. The highest BCUT2D eigenvalue weighted by molar-refractivity contribution is 5.85. The van der Waals surface area contributed by atoms with Crippen LogP contribution < -0.4 is 5.32 Å². The highest BCUT2D eigenvalue weighted by Crippen LogP contribution is 2.55. The normalized spacial score (nSPS) is 26.2. The smallest absolute Gasteiger partial charge is 0.256 e. The van der Waals surface area contributed by atoms with Gasteiger partial charge in [0.2, 0.25) is 0 Å². The predicted molar refractivity (Wildman–Crippen MR) is 60.9 cm³/mol. The highest BCUT2D eigenvalue weighted by Gasteiger charge is 2.58. The topological polar surface area (TPSA) is 29.9 Å². The van der Waals surface area contributed by atoms with Crippen LogP contribution in [0.2, 0.25) is 0 Å². The van der Waals surface area contributed by atoms with E-state index in [1.54, 1.807) is 17.1 Å². The molecule has 1 aromatic heterocycles. The molecule has 1 aliphatic heterocycles.